The van der Waals surface area contributed by atoms with E-state index in [1.807, 2.05) is 5.38 Å². The zero-order chi connectivity index (χ0) is 22.0. The number of thiazole rings is 1. The maximum Gasteiger partial charge on any atom is 0.263 e. The van der Waals surface area contributed by atoms with E-state index < -0.39 is 10.0 Å². The Labute approximate surface area is 185 Å². The van der Waals surface area contributed by atoms with E-state index in [4.69, 9.17) is 4.74 Å². The Bertz CT molecular complexity index is 1090. The number of aromatic nitrogens is 1. The molecule has 0 bridgehead atoms. The van der Waals surface area contributed by atoms with Crippen LogP contribution in [0.15, 0.2) is 39.5 Å². The molecule has 0 spiro atoms. The monoisotopic (exact) mass is 463 g/mol. The number of nitrogens with one attached hydrogen (secondary N) is 2. The van der Waals surface area contributed by atoms with Crippen molar-refractivity contribution < 1.29 is 17.9 Å². The van der Waals surface area contributed by atoms with E-state index in [0.717, 1.165) is 25.3 Å². The molecule has 1 amide bonds. The zero-order valence-corrected chi connectivity index (χ0v) is 19.0. The second-order valence-electron chi connectivity index (χ2n) is 7.73. The number of hydrogen-bond donors (Lipinski definition) is 2. The van der Waals surface area contributed by atoms with Crippen molar-refractivity contribution in [1.82, 2.24) is 14.6 Å². The normalized spacial score (nSPS) is 24.0. The number of carbonyl (C=O) groups excluding carboxylic acids is 1. The Morgan fingerprint density at radius 1 is 1.32 bits per heavy atom. The minimum absolute atomic E-state index is 0.126. The van der Waals surface area contributed by atoms with Crippen molar-refractivity contribution in [2.75, 3.05) is 25.0 Å². The van der Waals surface area contributed by atoms with Gasteiger partial charge in [-0.3, -0.25) is 19.4 Å². The third-order valence-corrected chi connectivity index (χ3v) is 7.15. The van der Waals surface area contributed by atoms with Crippen LogP contribution in [-0.4, -0.2) is 61.9 Å². The first-order valence-corrected chi connectivity index (χ1v) is 12.4. The summed E-state index contributed by atoms with van der Waals surface area (Å²) in [6, 6.07) is 6.64. The van der Waals surface area contributed by atoms with Gasteiger partial charge in [-0.2, -0.15) is 0 Å². The van der Waals surface area contributed by atoms with Crippen LogP contribution in [0, 0.1) is 0 Å². The maximum atomic E-state index is 12.3. The molecule has 31 heavy (non-hydrogen) atoms. The summed E-state index contributed by atoms with van der Waals surface area (Å²) in [5, 5.41) is 5.29. The van der Waals surface area contributed by atoms with Gasteiger partial charge in [0.05, 0.1) is 29.3 Å². The second kappa shape index (κ2) is 9.03. The number of hydrogen-bond acceptors (Lipinski definition) is 8. The fourth-order valence-corrected chi connectivity index (χ4v) is 5.75. The van der Waals surface area contributed by atoms with E-state index in [-0.39, 0.29) is 41.8 Å². The second-order valence-corrected chi connectivity index (χ2v) is 10.2. The highest BCUT2D eigenvalue weighted by Gasteiger charge is 2.30. The molecule has 4 rings (SSSR count). The molecule has 0 aliphatic carbocycles. The van der Waals surface area contributed by atoms with E-state index >= 15 is 0 Å². The fourth-order valence-electron chi connectivity index (χ4n) is 3.78. The highest BCUT2D eigenvalue weighted by atomic mass is 32.2. The third-order valence-electron chi connectivity index (χ3n) is 4.95. The summed E-state index contributed by atoms with van der Waals surface area (Å²) in [5.74, 6) is 0.0573. The van der Waals surface area contributed by atoms with E-state index in [9.17, 15) is 13.2 Å². The Balaban J connectivity index is 1.29. The summed E-state index contributed by atoms with van der Waals surface area (Å²) in [7, 11) is -3.57. The molecule has 2 N–H and O–H groups in total. The zero-order valence-electron chi connectivity index (χ0n) is 17.4. The molecule has 0 radical (unpaired) electrons. The van der Waals surface area contributed by atoms with Crippen LogP contribution in [0.2, 0.25) is 0 Å². The molecule has 3 heterocycles. The van der Waals surface area contributed by atoms with E-state index in [2.05, 4.69) is 38.8 Å². The molecule has 2 atom stereocenters. The number of benzene rings is 1. The fraction of sp³-hybridized carbons (Fsp3) is 0.450. The van der Waals surface area contributed by atoms with Gasteiger partial charge in [-0.05, 0) is 26.0 Å². The molecule has 1 aromatic carbocycles. The van der Waals surface area contributed by atoms with Gasteiger partial charge in [-0.25, -0.2) is 13.4 Å². The standard InChI is InChI=1S/C20H25N5O4S2/c1-13-9-25(10-14(2)29-13)11-15-12-30-20(22-15)23-18(26)7-8-21-19-16-5-3-4-6-17(16)31(27,28)24-19/h3-6,12-14H,7-11H2,1-2H3,(H,21,24)(H,22,23,26)/t13-,14-/m1/s1. The number of fused-ring (bicyclic) bond motifs is 1. The average Bonchev–Trinajstić information content (AvgIpc) is 3.23. The molecule has 1 saturated heterocycles. The first-order valence-electron chi connectivity index (χ1n) is 10.1. The van der Waals surface area contributed by atoms with Crippen molar-refractivity contribution in [2.24, 2.45) is 4.99 Å². The molecule has 166 valence electrons. The van der Waals surface area contributed by atoms with Gasteiger partial charge < -0.3 is 10.1 Å². The molecular formula is C20H25N5O4S2. The number of anilines is 1. The lowest BCUT2D eigenvalue weighted by Crippen LogP contribution is -2.44. The van der Waals surface area contributed by atoms with Gasteiger partial charge >= 0.3 is 0 Å². The van der Waals surface area contributed by atoms with Gasteiger partial charge in [0.15, 0.2) is 5.13 Å². The molecule has 0 saturated carbocycles. The number of amidine groups is 1. The number of rotatable bonds is 6. The van der Waals surface area contributed by atoms with Crippen molar-refractivity contribution in [3.63, 3.8) is 0 Å². The number of amides is 1. The van der Waals surface area contributed by atoms with Crippen LogP contribution < -0.4 is 10.0 Å². The SMILES string of the molecule is C[C@@H]1CN(Cc2csc(NC(=O)CCN=C3NS(=O)(=O)c4ccccc43)n2)C[C@@H](C)O1. The number of carbonyl (C=O) groups is 1. The summed E-state index contributed by atoms with van der Waals surface area (Å²) < 4.78 is 32.4. The molecule has 2 aliphatic rings. The highest BCUT2D eigenvalue weighted by Crippen LogP contribution is 2.22. The summed E-state index contributed by atoms with van der Waals surface area (Å²) in [4.78, 5) is 23.5. The number of aliphatic imine (C=N–C) groups is 1. The predicted molar refractivity (Wildman–Crippen MR) is 119 cm³/mol. The first kappa shape index (κ1) is 21.9. The Morgan fingerprint density at radius 2 is 2.06 bits per heavy atom. The molecule has 1 aromatic heterocycles. The summed E-state index contributed by atoms with van der Waals surface area (Å²) in [6.07, 6.45) is 0.514. The largest absolute Gasteiger partial charge is 0.373 e. The quantitative estimate of drug-likeness (QED) is 0.676. The molecule has 1 fully saturated rings. The van der Waals surface area contributed by atoms with E-state index in [0.29, 0.717) is 10.7 Å². The summed E-state index contributed by atoms with van der Waals surface area (Å²) in [5.41, 5.74) is 1.44. The van der Waals surface area contributed by atoms with Gasteiger partial charge in [0, 0.05) is 37.0 Å². The first-order chi connectivity index (χ1) is 14.8. The number of morpholine rings is 1. The Morgan fingerprint density at radius 3 is 2.84 bits per heavy atom. The number of ether oxygens (including phenoxy) is 1. The van der Waals surface area contributed by atoms with Crippen molar-refractivity contribution in [1.29, 1.82) is 0 Å². The van der Waals surface area contributed by atoms with Crippen LogP contribution in [0.1, 0.15) is 31.5 Å². The van der Waals surface area contributed by atoms with Gasteiger partial charge in [-0.15, -0.1) is 11.3 Å². The lowest BCUT2D eigenvalue weighted by molar-refractivity contribution is -0.116. The van der Waals surface area contributed by atoms with Crippen molar-refractivity contribution in [3.05, 3.63) is 40.9 Å². The van der Waals surface area contributed by atoms with Gasteiger partial charge in [0.25, 0.3) is 10.0 Å². The minimum atomic E-state index is -3.57. The van der Waals surface area contributed by atoms with Crippen LogP contribution in [-0.2, 0) is 26.1 Å². The molecule has 2 aliphatic heterocycles. The summed E-state index contributed by atoms with van der Waals surface area (Å²) in [6.45, 7) is 6.73. The minimum Gasteiger partial charge on any atom is -0.373 e. The molecule has 0 unspecified atom stereocenters. The van der Waals surface area contributed by atoms with Gasteiger partial charge in [0.2, 0.25) is 5.91 Å². The lowest BCUT2D eigenvalue weighted by Gasteiger charge is -2.34. The number of sulfonamides is 1. The lowest BCUT2D eigenvalue weighted by atomic mass is 10.2. The van der Waals surface area contributed by atoms with Crippen molar-refractivity contribution >= 4 is 38.2 Å². The van der Waals surface area contributed by atoms with Crippen LogP contribution in [0.25, 0.3) is 0 Å². The summed E-state index contributed by atoms with van der Waals surface area (Å²) >= 11 is 1.39. The van der Waals surface area contributed by atoms with Gasteiger partial charge in [0.1, 0.15) is 5.84 Å². The molecule has 11 heteroatoms. The Hall–Kier alpha value is -2.34. The highest BCUT2D eigenvalue weighted by molar-refractivity contribution is 7.90. The smallest absolute Gasteiger partial charge is 0.263 e. The average molecular weight is 464 g/mol. The number of nitrogens with zero attached hydrogens (tertiary/aromatic N) is 3. The predicted octanol–water partition coefficient (Wildman–Crippen LogP) is 1.82. The maximum absolute atomic E-state index is 12.3. The van der Waals surface area contributed by atoms with E-state index in [1.54, 1.807) is 18.2 Å². The molecular weight excluding hydrogens is 438 g/mol. The van der Waals surface area contributed by atoms with Gasteiger partial charge in [-0.1, -0.05) is 12.1 Å². The van der Waals surface area contributed by atoms with Crippen LogP contribution in [0.4, 0.5) is 5.13 Å². The molecule has 2 aromatic rings. The van der Waals surface area contributed by atoms with Crippen LogP contribution in [0.5, 0.6) is 0 Å². The van der Waals surface area contributed by atoms with E-state index in [1.165, 1.54) is 17.4 Å². The topological polar surface area (TPSA) is 113 Å². The molecule has 9 nitrogen and oxygen atoms in total. The Kier molecular flexibility index (Phi) is 6.37. The van der Waals surface area contributed by atoms with Crippen LogP contribution in [0.3, 0.4) is 0 Å². The van der Waals surface area contributed by atoms with Crippen LogP contribution >= 0.6 is 11.3 Å². The third kappa shape index (κ3) is 5.29. The van der Waals surface area contributed by atoms with Crippen molar-refractivity contribution in [2.45, 2.75) is 43.9 Å². The van der Waals surface area contributed by atoms with Crippen molar-refractivity contribution in [3.8, 4) is 0 Å².